The predicted octanol–water partition coefficient (Wildman–Crippen LogP) is 1.60. The maximum Gasteiger partial charge on any atom is 0.132 e. The van der Waals surface area contributed by atoms with Gasteiger partial charge in [0.2, 0.25) is 0 Å². The molecular formula is C11H14BrNO3. The lowest BCUT2D eigenvalue weighted by Crippen LogP contribution is -2.27. The maximum atomic E-state index is 10.3. The summed E-state index contributed by atoms with van der Waals surface area (Å²) >= 11 is 3.34. The fourth-order valence-corrected chi connectivity index (χ4v) is 2.28. The van der Waals surface area contributed by atoms with Gasteiger partial charge in [-0.1, -0.05) is 0 Å². The molecule has 16 heavy (non-hydrogen) atoms. The second kappa shape index (κ2) is 4.79. The highest BCUT2D eigenvalue weighted by Gasteiger charge is 2.36. The van der Waals surface area contributed by atoms with Crippen LogP contribution in [0.1, 0.15) is 17.7 Å². The van der Waals surface area contributed by atoms with Gasteiger partial charge in [0.05, 0.1) is 18.9 Å². The average molecular weight is 288 g/mol. The number of aliphatic hydroxyl groups is 1. The van der Waals surface area contributed by atoms with Gasteiger partial charge in [0.1, 0.15) is 10.2 Å². The molecule has 1 atom stereocenters. The lowest BCUT2D eigenvalue weighted by Gasteiger charge is -2.20. The van der Waals surface area contributed by atoms with Crippen molar-refractivity contribution in [3.63, 3.8) is 0 Å². The molecular weight excluding hydrogens is 274 g/mol. The number of halogens is 1. The lowest BCUT2D eigenvalue weighted by molar-refractivity contribution is 0.0191. The first kappa shape index (κ1) is 12.0. The molecule has 0 saturated carbocycles. The van der Waals surface area contributed by atoms with Gasteiger partial charge < -0.3 is 14.6 Å². The number of pyridine rings is 1. The van der Waals surface area contributed by atoms with Gasteiger partial charge in [-0.05, 0) is 33.6 Å². The molecule has 0 aliphatic carbocycles. The Balaban J connectivity index is 2.32. The summed E-state index contributed by atoms with van der Waals surface area (Å²) in [5.41, 5.74) is 0.679. The van der Waals surface area contributed by atoms with E-state index < -0.39 is 5.60 Å². The minimum absolute atomic E-state index is 0.308. The summed E-state index contributed by atoms with van der Waals surface area (Å²) in [4.78, 5) is 4.30. The van der Waals surface area contributed by atoms with Crippen molar-refractivity contribution < 1.29 is 14.6 Å². The standard InChI is InChI=1S/C11H14BrNO3/c1-15-6-8-4-9(13-10(12)5-8)11(14)2-3-16-7-11/h4-5,14H,2-3,6-7H2,1H3. The highest BCUT2D eigenvalue weighted by Crippen LogP contribution is 2.30. The van der Waals surface area contributed by atoms with E-state index in [4.69, 9.17) is 9.47 Å². The fourth-order valence-electron chi connectivity index (χ4n) is 1.79. The van der Waals surface area contributed by atoms with E-state index in [0.29, 0.717) is 36.5 Å². The SMILES string of the molecule is COCc1cc(Br)nc(C2(O)CCOC2)c1. The van der Waals surface area contributed by atoms with Crippen LogP contribution in [0.4, 0.5) is 0 Å². The van der Waals surface area contributed by atoms with Crippen molar-refractivity contribution in [3.8, 4) is 0 Å². The molecule has 1 aliphatic heterocycles. The molecule has 1 saturated heterocycles. The molecule has 1 aromatic rings. The molecule has 0 amide bonds. The zero-order chi connectivity index (χ0) is 11.6. The van der Waals surface area contributed by atoms with Gasteiger partial charge >= 0.3 is 0 Å². The van der Waals surface area contributed by atoms with Crippen LogP contribution in [0.3, 0.4) is 0 Å². The van der Waals surface area contributed by atoms with E-state index >= 15 is 0 Å². The summed E-state index contributed by atoms with van der Waals surface area (Å²) in [6.45, 7) is 1.39. The zero-order valence-electron chi connectivity index (χ0n) is 9.07. The fraction of sp³-hybridized carbons (Fsp3) is 0.545. The van der Waals surface area contributed by atoms with Crippen LogP contribution in [0, 0.1) is 0 Å². The number of ether oxygens (including phenoxy) is 2. The van der Waals surface area contributed by atoms with E-state index in [1.165, 1.54) is 0 Å². The second-order valence-electron chi connectivity index (χ2n) is 3.95. The molecule has 1 N–H and O–H groups in total. The smallest absolute Gasteiger partial charge is 0.132 e. The average Bonchev–Trinajstić information content (AvgIpc) is 2.66. The molecule has 0 radical (unpaired) electrons. The maximum absolute atomic E-state index is 10.3. The molecule has 2 heterocycles. The molecule has 0 bridgehead atoms. The molecule has 0 spiro atoms. The quantitative estimate of drug-likeness (QED) is 0.858. The summed E-state index contributed by atoms with van der Waals surface area (Å²) in [6.07, 6.45) is 0.586. The topological polar surface area (TPSA) is 51.6 Å². The predicted molar refractivity (Wildman–Crippen MR) is 62.0 cm³/mol. The molecule has 4 nitrogen and oxygen atoms in total. The van der Waals surface area contributed by atoms with Gasteiger partial charge in [-0.3, -0.25) is 0 Å². The highest BCUT2D eigenvalue weighted by atomic mass is 79.9. The first-order chi connectivity index (χ1) is 7.64. The Morgan fingerprint density at radius 1 is 1.62 bits per heavy atom. The van der Waals surface area contributed by atoms with Gasteiger partial charge in [-0.25, -0.2) is 4.98 Å². The summed E-state index contributed by atoms with van der Waals surface area (Å²) in [6, 6.07) is 3.75. The van der Waals surface area contributed by atoms with Gasteiger partial charge in [0.15, 0.2) is 0 Å². The first-order valence-corrected chi connectivity index (χ1v) is 5.89. The Hall–Kier alpha value is -0.490. The van der Waals surface area contributed by atoms with E-state index in [2.05, 4.69) is 20.9 Å². The Labute approximate surface area is 103 Å². The summed E-state index contributed by atoms with van der Waals surface area (Å²) in [7, 11) is 1.64. The van der Waals surface area contributed by atoms with Gasteiger partial charge in [0.25, 0.3) is 0 Å². The monoisotopic (exact) mass is 287 g/mol. The van der Waals surface area contributed by atoms with Crippen molar-refractivity contribution in [1.29, 1.82) is 0 Å². The van der Waals surface area contributed by atoms with Crippen LogP contribution in [-0.2, 0) is 21.7 Å². The van der Waals surface area contributed by atoms with Crippen molar-refractivity contribution >= 4 is 15.9 Å². The number of hydrogen-bond acceptors (Lipinski definition) is 4. The lowest BCUT2D eigenvalue weighted by atomic mass is 9.97. The number of nitrogens with zero attached hydrogens (tertiary/aromatic N) is 1. The molecule has 5 heteroatoms. The van der Waals surface area contributed by atoms with Crippen LogP contribution in [0.2, 0.25) is 0 Å². The molecule has 1 aliphatic rings. The second-order valence-corrected chi connectivity index (χ2v) is 4.76. The molecule has 0 aromatic carbocycles. The van der Waals surface area contributed by atoms with E-state index in [0.717, 1.165) is 5.56 Å². The van der Waals surface area contributed by atoms with Crippen molar-refractivity contribution in [2.24, 2.45) is 0 Å². The van der Waals surface area contributed by atoms with Crippen molar-refractivity contribution in [3.05, 3.63) is 28.0 Å². The van der Waals surface area contributed by atoms with Gasteiger partial charge in [-0.2, -0.15) is 0 Å². The largest absolute Gasteiger partial charge is 0.381 e. The number of hydrogen-bond donors (Lipinski definition) is 1. The van der Waals surface area contributed by atoms with Crippen LogP contribution in [0.15, 0.2) is 16.7 Å². The third-order valence-electron chi connectivity index (χ3n) is 2.64. The number of aromatic nitrogens is 1. The van der Waals surface area contributed by atoms with Crippen molar-refractivity contribution in [2.75, 3.05) is 20.3 Å². The van der Waals surface area contributed by atoms with E-state index in [1.54, 1.807) is 7.11 Å². The van der Waals surface area contributed by atoms with E-state index in [9.17, 15) is 5.11 Å². The van der Waals surface area contributed by atoms with E-state index in [-0.39, 0.29) is 0 Å². The Morgan fingerprint density at radius 2 is 2.44 bits per heavy atom. The van der Waals surface area contributed by atoms with E-state index in [1.807, 2.05) is 12.1 Å². The summed E-state index contributed by atoms with van der Waals surface area (Å²) in [5, 5.41) is 10.3. The summed E-state index contributed by atoms with van der Waals surface area (Å²) < 4.78 is 11.0. The number of rotatable bonds is 3. The Kier molecular flexibility index (Phi) is 3.59. The molecule has 1 unspecified atom stereocenters. The molecule has 1 aromatic heterocycles. The first-order valence-electron chi connectivity index (χ1n) is 5.10. The minimum Gasteiger partial charge on any atom is -0.381 e. The Bertz CT molecular complexity index is 377. The molecule has 1 fully saturated rings. The summed E-state index contributed by atoms with van der Waals surface area (Å²) in [5.74, 6) is 0. The third-order valence-corrected chi connectivity index (χ3v) is 3.05. The Morgan fingerprint density at radius 3 is 3.06 bits per heavy atom. The van der Waals surface area contributed by atoms with Crippen LogP contribution >= 0.6 is 15.9 Å². The van der Waals surface area contributed by atoms with Crippen LogP contribution < -0.4 is 0 Å². The van der Waals surface area contributed by atoms with Crippen LogP contribution in [0.25, 0.3) is 0 Å². The number of methoxy groups -OCH3 is 1. The zero-order valence-corrected chi connectivity index (χ0v) is 10.7. The normalized spacial score (nSPS) is 24.9. The minimum atomic E-state index is -0.952. The van der Waals surface area contributed by atoms with Crippen LogP contribution in [0.5, 0.6) is 0 Å². The van der Waals surface area contributed by atoms with Crippen molar-refractivity contribution in [1.82, 2.24) is 4.98 Å². The third kappa shape index (κ3) is 2.43. The van der Waals surface area contributed by atoms with Gasteiger partial charge in [-0.15, -0.1) is 0 Å². The van der Waals surface area contributed by atoms with Crippen LogP contribution in [-0.4, -0.2) is 30.4 Å². The highest BCUT2D eigenvalue weighted by molar-refractivity contribution is 9.10. The van der Waals surface area contributed by atoms with Crippen molar-refractivity contribution in [2.45, 2.75) is 18.6 Å². The molecule has 2 rings (SSSR count). The molecule has 88 valence electrons. The van der Waals surface area contributed by atoms with Gasteiger partial charge in [0, 0.05) is 20.1 Å².